The van der Waals surface area contributed by atoms with Crippen LogP contribution in [-0.4, -0.2) is 60.5 Å². The maximum Gasteiger partial charge on any atom is 0.317 e. The highest BCUT2D eigenvalue weighted by Crippen LogP contribution is 1.94. The third kappa shape index (κ3) is 6.52. The standard InChI is InChI=1S/C10H16N2O3/c1-4-6-12(8-10(14)15)7-5-9(13)11(2)3/h1H,5-8H2,2-3H3,(H,14,15). The van der Waals surface area contributed by atoms with E-state index in [2.05, 4.69) is 5.92 Å². The van der Waals surface area contributed by atoms with Crippen LogP contribution in [0.1, 0.15) is 6.42 Å². The van der Waals surface area contributed by atoms with Gasteiger partial charge < -0.3 is 10.0 Å². The lowest BCUT2D eigenvalue weighted by Gasteiger charge is -2.18. The number of rotatable bonds is 6. The average Bonchev–Trinajstić information content (AvgIpc) is 2.13. The fourth-order valence-electron chi connectivity index (χ4n) is 1.01. The first-order chi connectivity index (χ1) is 6.97. The summed E-state index contributed by atoms with van der Waals surface area (Å²) in [7, 11) is 3.32. The second-order valence-corrected chi connectivity index (χ2v) is 3.35. The van der Waals surface area contributed by atoms with E-state index in [1.807, 2.05) is 0 Å². The van der Waals surface area contributed by atoms with Crippen LogP contribution in [0.5, 0.6) is 0 Å². The van der Waals surface area contributed by atoms with E-state index in [-0.39, 0.29) is 25.4 Å². The molecule has 0 aliphatic rings. The predicted molar refractivity (Wildman–Crippen MR) is 56.2 cm³/mol. The number of carboxylic acid groups (broad SMARTS) is 1. The highest BCUT2D eigenvalue weighted by atomic mass is 16.4. The molecule has 0 rings (SSSR count). The lowest BCUT2D eigenvalue weighted by Crippen LogP contribution is -2.34. The molecule has 0 saturated carbocycles. The molecule has 0 bridgehead atoms. The summed E-state index contributed by atoms with van der Waals surface area (Å²) in [6, 6.07) is 0. The summed E-state index contributed by atoms with van der Waals surface area (Å²) in [5, 5.41) is 8.58. The quantitative estimate of drug-likeness (QED) is 0.602. The molecule has 0 heterocycles. The fourth-order valence-corrected chi connectivity index (χ4v) is 1.01. The van der Waals surface area contributed by atoms with Crippen molar-refractivity contribution in [2.45, 2.75) is 6.42 Å². The van der Waals surface area contributed by atoms with Crippen LogP contribution in [0.15, 0.2) is 0 Å². The van der Waals surface area contributed by atoms with E-state index < -0.39 is 5.97 Å². The van der Waals surface area contributed by atoms with Crippen LogP contribution < -0.4 is 0 Å². The van der Waals surface area contributed by atoms with Crippen LogP contribution in [0.3, 0.4) is 0 Å². The molecular weight excluding hydrogens is 196 g/mol. The number of hydrogen-bond acceptors (Lipinski definition) is 3. The maximum absolute atomic E-state index is 11.2. The molecule has 0 radical (unpaired) electrons. The SMILES string of the molecule is C#CCN(CCC(=O)N(C)C)CC(=O)O. The Morgan fingerprint density at radius 3 is 2.40 bits per heavy atom. The number of aliphatic carboxylic acids is 1. The number of carbonyl (C=O) groups excluding carboxylic acids is 1. The van der Waals surface area contributed by atoms with Crippen molar-refractivity contribution in [1.29, 1.82) is 0 Å². The van der Waals surface area contributed by atoms with Crippen molar-refractivity contribution in [1.82, 2.24) is 9.80 Å². The lowest BCUT2D eigenvalue weighted by molar-refractivity contribution is -0.138. The Kier molecular flexibility index (Phi) is 6.14. The van der Waals surface area contributed by atoms with Gasteiger partial charge in [0.05, 0.1) is 13.1 Å². The Morgan fingerprint density at radius 1 is 1.40 bits per heavy atom. The third-order valence-corrected chi connectivity index (χ3v) is 1.81. The maximum atomic E-state index is 11.2. The number of carbonyl (C=O) groups is 2. The Hall–Kier alpha value is -1.54. The van der Waals surface area contributed by atoms with Gasteiger partial charge in [-0.1, -0.05) is 5.92 Å². The van der Waals surface area contributed by atoms with Crippen LogP contribution in [0.25, 0.3) is 0 Å². The Morgan fingerprint density at radius 2 is 2.00 bits per heavy atom. The minimum atomic E-state index is -0.942. The van der Waals surface area contributed by atoms with Crippen molar-refractivity contribution in [3.05, 3.63) is 0 Å². The molecule has 0 aromatic heterocycles. The zero-order valence-electron chi connectivity index (χ0n) is 9.06. The van der Waals surface area contributed by atoms with Crippen molar-refractivity contribution >= 4 is 11.9 Å². The molecule has 0 spiro atoms. The van der Waals surface area contributed by atoms with Gasteiger partial charge in [0.1, 0.15) is 0 Å². The van der Waals surface area contributed by atoms with Crippen LogP contribution in [0, 0.1) is 12.3 Å². The van der Waals surface area contributed by atoms with Gasteiger partial charge in [0.25, 0.3) is 0 Å². The summed E-state index contributed by atoms with van der Waals surface area (Å²) < 4.78 is 0. The van der Waals surface area contributed by atoms with Crippen molar-refractivity contribution < 1.29 is 14.7 Å². The van der Waals surface area contributed by atoms with Gasteiger partial charge in [0.2, 0.25) is 5.91 Å². The van der Waals surface area contributed by atoms with E-state index in [0.29, 0.717) is 6.54 Å². The number of hydrogen-bond donors (Lipinski definition) is 1. The zero-order valence-corrected chi connectivity index (χ0v) is 9.06. The molecule has 15 heavy (non-hydrogen) atoms. The van der Waals surface area contributed by atoms with Gasteiger partial charge in [0, 0.05) is 27.1 Å². The molecule has 5 nitrogen and oxygen atoms in total. The van der Waals surface area contributed by atoms with E-state index in [1.165, 1.54) is 4.90 Å². The van der Waals surface area contributed by atoms with E-state index in [9.17, 15) is 9.59 Å². The van der Waals surface area contributed by atoms with Gasteiger partial charge >= 0.3 is 5.97 Å². The summed E-state index contributed by atoms with van der Waals surface area (Å²) in [5.41, 5.74) is 0. The predicted octanol–water partition coefficient (Wildman–Crippen LogP) is -0.515. The highest BCUT2D eigenvalue weighted by Gasteiger charge is 2.11. The van der Waals surface area contributed by atoms with Crippen LogP contribution >= 0.6 is 0 Å². The van der Waals surface area contributed by atoms with E-state index in [1.54, 1.807) is 19.0 Å². The molecule has 1 amide bonds. The van der Waals surface area contributed by atoms with Crippen molar-refractivity contribution in [3.63, 3.8) is 0 Å². The number of nitrogens with zero attached hydrogens (tertiary/aromatic N) is 2. The van der Waals surface area contributed by atoms with Gasteiger partial charge in [-0.25, -0.2) is 0 Å². The molecule has 0 aliphatic carbocycles. The fraction of sp³-hybridized carbons (Fsp3) is 0.600. The first-order valence-corrected chi connectivity index (χ1v) is 4.55. The number of carboxylic acids is 1. The summed E-state index contributed by atoms with van der Waals surface area (Å²) in [6.45, 7) is 0.478. The molecule has 0 saturated heterocycles. The molecule has 1 N–H and O–H groups in total. The first kappa shape index (κ1) is 13.5. The monoisotopic (exact) mass is 212 g/mol. The summed E-state index contributed by atoms with van der Waals surface area (Å²) >= 11 is 0. The molecule has 5 heteroatoms. The molecule has 0 aromatic carbocycles. The first-order valence-electron chi connectivity index (χ1n) is 4.55. The normalized spacial score (nSPS) is 9.73. The molecule has 0 aromatic rings. The van der Waals surface area contributed by atoms with Gasteiger partial charge in [-0.05, 0) is 0 Å². The third-order valence-electron chi connectivity index (χ3n) is 1.81. The van der Waals surface area contributed by atoms with Gasteiger partial charge in [-0.15, -0.1) is 6.42 Å². The van der Waals surface area contributed by atoms with Crippen molar-refractivity contribution in [3.8, 4) is 12.3 Å². The molecular formula is C10H16N2O3. The van der Waals surface area contributed by atoms with Gasteiger partial charge in [-0.2, -0.15) is 0 Å². The lowest BCUT2D eigenvalue weighted by atomic mass is 10.3. The topological polar surface area (TPSA) is 60.9 Å². The Bertz CT molecular complexity index is 268. The molecule has 0 atom stereocenters. The molecule has 84 valence electrons. The Labute approximate surface area is 89.7 Å². The van der Waals surface area contributed by atoms with Crippen LogP contribution in [0.4, 0.5) is 0 Å². The van der Waals surface area contributed by atoms with E-state index in [4.69, 9.17) is 11.5 Å². The molecule has 0 unspecified atom stereocenters. The largest absolute Gasteiger partial charge is 0.480 e. The summed E-state index contributed by atoms with van der Waals surface area (Å²) in [5.74, 6) is 1.38. The van der Waals surface area contributed by atoms with E-state index >= 15 is 0 Å². The minimum absolute atomic E-state index is 0.0394. The zero-order chi connectivity index (χ0) is 11.8. The smallest absolute Gasteiger partial charge is 0.317 e. The second-order valence-electron chi connectivity index (χ2n) is 3.35. The summed E-state index contributed by atoms with van der Waals surface area (Å²) in [6.07, 6.45) is 5.37. The average molecular weight is 212 g/mol. The minimum Gasteiger partial charge on any atom is -0.480 e. The van der Waals surface area contributed by atoms with Gasteiger partial charge in [-0.3, -0.25) is 14.5 Å². The molecule has 0 aliphatic heterocycles. The van der Waals surface area contributed by atoms with Crippen LogP contribution in [0.2, 0.25) is 0 Å². The van der Waals surface area contributed by atoms with Crippen LogP contribution in [-0.2, 0) is 9.59 Å². The highest BCUT2D eigenvalue weighted by molar-refractivity contribution is 5.75. The number of terminal acetylenes is 1. The van der Waals surface area contributed by atoms with Crippen molar-refractivity contribution in [2.24, 2.45) is 0 Å². The van der Waals surface area contributed by atoms with Gasteiger partial charge in [0.15, 0.2) is 0 Å². The molecule has 0 fully saturated rings. The van der Waals surface area contributed by atoms with Crippen molar-refractivity contribution in [2.75, 3.05) is 33.7 Å². The summed E-state index contributed by atoms with van der Waals surface area (Å²) in [4.78, 5) is 24.7. The van der Waals surface area contributed by atoms with E-state index in [0.717, 1.165) is 0 Å². The number of amides is 1. The second kappa shape index (κ2) is 6.85. The Balaban J connectivity index is 4.02.